The summed E-state index contributed by atoms with van der Waals surface area (Å²) >= 11 is 7.70. The maximum Gasteiger partial charge on any atom is 0.272 e. The van der Waals surface area contributed by atoms with Crippen LogP contribution in [0.1, 0.15) is 18.4 Å². The van der Waals surface area contributed by atoms with Crippen LogP contribution in [-0.4, -0.2) is 54.0 Å². The van der Waals surface area contributed by atoms with Crippen LogP contribution in [-0.2, 0) is 9.59 Å². The minimum Gasteiger partial charge on any atom is -0.326 e. The first-order valence-electron chi connectivity index (χ1n) is 9.81. The number of nitrogens with zero attached hydrogens (tertiary/aromatic N) is 2. The van der Waals surface area contributed by atoms with Crippen molar-refractivity contribution in [3.8, 4) is 0 Å². The number of likely N-dealkylation sites (tertiary alicyclic amines) is 1. The number of rotatable bonds is 5. The molecule has 2 heterocycles. The third-order valence-corrected chi connectivity index (χ3v) is 6.35. The van der Waals surface area contributed by atoms with E-state index in [1.165, 1.54) is 0 Å². The summed E-state index contributed by atoms with van der Waals surface area (Å²) in [6.07, 6.45) is 3.34. The Hall–Kier alpha value is -2.35. The zero-order valence-electron chi connectivity index (χ0n) is 16.7. The third kappa shape index (κ3) is 4.69. The molecule has 0 aromatic heterocycles. The van der Waals surface area contributed by atoms with Crippen LogP contribution in [0.25, 0.3) is 0 Å². The number of carbonyl (C=O) groups excluding carboxylic acids is 2. The van der Waals surface area contributed by atoms with Crippen LogP contribution in [0.4, 0.5) is 5.69 Å². The van der Waals surface area contributed by atoms with E-state index in [2.05, 4.69) is 15.5 Å². The van der Waals surface area contributed by atoms with E-state index in [9.17, 15) is 9.59 Å². The number of hydrogen-bond donors (Lipinski definition) is 2. The molecule has 0 unspecified atom stereocenters. The van der Waals surface area contributed by atoms with Gasteiger partial charge in [-0.05, 0) is 36.6 Å². The molecule has 0 aliphatic carbocycles. The molecule has 2 amide bonds. The smallest absolute Gasteiger partial charge is 0.272 e. The van der Waals surface area contributed by atoms with Crippen molar-refractivity contribution in [3.63, 3.8) is 0 Å². The maximum atomic E-state index is 12.5. The van der Waals surface area contributed by atoms with Gasteiger partial charge in [-0.15, -0.1) is 11.8 Å². The first kappa shape index (κ1) is 20.9. The number of carbonyl (C=O) groups is 2. The molecule has 156 valence electrons. The van der Waals surface area contributed by atoms with E-state index in [1.54, 1.807) is 23.9 Å². The summed E-state index contributed by atoms with van der Waals surface area (Å²) in [5, 5.41) is 6.59. The highest BCUT2D eigenvalue weighted by atomic mass is 35.5. The Morgan fingerprint density at radius 3 is 2.73 bits per heavy atom. The molecule has 30 heavy (non-hydrogen) atoms. The summed E-state index contributed by atoms with van der Waals surface area (Å²) < 4.78 is 0. The van der Waals surface area contributed by atoms with E-state index >= 15 is 0 Å². The van der Waals surface area contributed by atoms with E-state index in [1.807, 2.05) is 42.7 Å². The summed E-state index contributed by atoms with van der Waals surface area (Å²) in [5.74, 6) is -0.208. The SMILES string of the molecule is CSc1cccc(NC(=O)CN2CCC3(CC2)N=C(c2cccc(Cl)c2)C(=O)N3)c1. The summed E-state index contributed by atoms with van der Waals surface area (Å²) in [4.78, 5) is 32.9. The van der Waals surface area contributed by atoms with Crippen LogP contribution in [0.15, 0.2) is 58.4 Å². The molecule has 2 aliphatic heterocycles. The van der Waals surface area contributed by atoms with Gasteiger partial charge in [-0.2, -0.15) is 0 Å². The number of hydrogen-bond acceptors (Lipinski definition) is 5. The average Bonchev–Trinajstić information content (AvgIpc) is 3.06. The molecule has 8 heteroatoms. The van der Waals surface area contributed by atoms with Crippen molar-refractivity contribution >= 4 is 46.6 Å². The van der Waals surface area contributed by atoms with Gasteiger partial charge in [0.15, 0.2) is 0 Å². The molecule has 1 fully saturated rings. The number of anilines is 1. The van der Waals surface area contributed by atoms with E-state index < -0.39 is 5.66 Å². The lowest BCUT2D eigenvalue weighted by Crippen LogP contribution is -2.52. The Balaban J connectivity index is 1.35. The second-order valence-electron chi connectivity index (χ2n) is 7.51. The fraction of sp³-hybridized carbons (Fsp3) is 0.318. The highest BCUT2D eigenvalue weighted by Gasteiger charge is 2.42. The minimum absolute atomic E-state index is 0.0391. The van der Waals surface area contributed by atoms with Gasteiger partial charge >= 0.3 is 0 Å². The van der Waals surface area contributed by atoms with Crippen molar-refractivity contribution in [2.45, 2.75) is 23.4 Å². The predicted molar refractivity (Wildman–Crippen MR) is 121 cm³/mol. The van der Waals surface area contributed by atoms with Crippen LogP contribution in [0.3, 0.4) is 0 Å². The topological polar surface area (TPSA) is 73.8 Å². The largest absolute Gasteiger partial charge is 0.326 e. The second kappa shape index (κ2) is 8.79. The summed E-state index contributed by atoms with van der Waals surface area (Å²) in [6.45, 7) is 1.69. The van der Waals surface area contributed by atoms with E-state index in [4.69, 9.17) is 16.6 Å². The molecule has 6 nitrogen and oxygen atoms in total. The molecule has 0 bridgehead atoms. The van der Waals surface area contributed by atoms with Gasteiger partial charge in [-0.1, -0.05) is 29.8 Å². The number of halogens is 1. The van der Waals surface area contributed by atoms with Crippen molar-refractivity contribution in [1.29, 1.82) is 0 Å². The molecule has 4 rings (SSSR count). The second-order valence-corrected chi connectivity index (χ2v) is 8.83. The number of nitrogens with one attached hydrogen (secondary N) is 2. The van der Waals surface area contributed by atoms with Gasteiger partial charge in [0.1, 0.15) is 11.4 Å². The average molecular weight is 443 g/mol. The third-order valence-electron chi connectivity index (χ3n) is 5.39. The van der Waals surface area contributed by atoms with Crippen molar-refractivity contribution < 1.29 is 9.59 Å². The molecule has 1 spiro atoms. The standard InChI is InChI=1S/C22H23ClN4O2S/c1-30-18-7-3-6-17(13-18)24-19(28)14-27-10-8-22(9-11-27)25-20(21(29)26-22)15-4-2-5-16(23)12-15/h2-7,12-13H,8-11,14H2,1H3,(H,24,28)(H,26,29). The number of aliphatic imine (C=N–C) groups is 1. The zero-order valence-corrected chi connectivity index (χ0v) is 18.2. The van der Waals surface area contributed by atoms with Gasteiger partial charge in [0.25, 0.3) is 5.91 Å². The molecule has 0 saturated carbocycles. The van der Waals surface area contributed by atoms with Crippen molar-refractivity contribution in [3.05, 3.63) is 59.1 Å². The number of benzene rings is 2. The van der Waals surface area contributed by atoms with Gasteiger partial charge in [-0.3, -0.25) is 19.5 Å². The Morgan fingerprint density at radius 2 is 2.00 bits per heavy atom. The number of thioether (sulfide) groups is 1. The number of piperidine rings is 1. The Labute approximate surface area is 185 Å². The lowest BCUT2D eigenvalue weighted by Gasteiger charge is -2.36. The van der Waals surface area contributed by atoms with Crippen LogP contribution in [0.2, 0.25) is 5.02 Å². The lowest BCUT2D eigenvalue weighted by molar-refractivity contribution is -0.119. The van der Waals surface area contributed by atoms with Gasteiger partial charge < -0.3 is 10.6 Å². The summed E-state index contributed by atoms with van der Waals surface area (Å²) in [5.41, 5.74) is 1.37. The highest BCUT2D eigenvalue weighted by molar-refractivity contribution is 7.98. The highest BCUT2D eigenvalue weighted by Crippen LogP contribution is 2.29. The van der Waals surface area contributed by atoms with Gasteiger partial charge in [0, 0.05) is 47.1 Å². The fourth-order valence-electron chi connectivity index (χ4n) is 3.82. The quantitative estimate of drug-likeness (QED) is 0.696. The van der Waals surface area contributed by atoms with Crippen LogP contribution in [0.5, 0.6) is 0 Å². The minimum atomic E-state index is -0.589. The Kier molecular flexibility index (Phi) is 6.13. The first-order chi connectivity index (χ1) is 14.5. The first-order valence-corrected chi connectivity index (χ1v) is 11.4. The monoisotopic (exact) mass is 442 g/mol. The van der Waals surface area contributed by atoms with Crippen LogP contribution >= 0.6 is 23.4 Å². The predicted octanol–water partition coefficient (Wildman–Crippen LogP) is 3.41. The molecular formula is C22H23ClN4O2S. The maximum absolute atomic E-state index is 12.5. The molecule has 1 saturated heterocycles. The van der Waals surface area contributed by atoms with Gasteiger partial charge in [0.05, 0.1) is 6.54 Å². The Morgan fingerprint density at radius 1 is 1.23 bits per heavy atom. The van der Waals surface area contributed by atoms with E-state index in [0.29, 0.717) is 43.2 Å². The lowest BCUT2D eigenvalue weighted by atomic mass is 9.98. The van der Waals surface area contributed by atoms with Gasteiger partial charge in [0.2, 0.25) is 5.91 Å². The normalized spacial score (nSPS) is 18.2. The van der Waals surface area contributed by atoms with E-state index in [-0.39, 0.29) is 11.8 Å². The molecule has 2 aromatic carbocycles. The number of amides is 2. The fourth-order valence-corrected chi connectivity index (χ4v) is 4.47. The van der Waals surface area contributed by atoms with E-state index in [0.717, 1.165) is 16.1 Å². The van der Waals surface area contributed by atoms with Crippen molar-refractivity contribution in [2.75, 3.05) is 31.2 Å². The molecular weight excluding hydrogens is 420 g/mol. The zero-order chi connectivity index (χ0) is 21.1. The van der Waals surface area contributed by atoms with Crippen molar-refractivity contribution in [2.24, 2.45) is 4.99 Å². The Bertz CT molecular complexity index is 1000. The summed E-state index contributed by atoms with van der Waals surface area (Å²) in [6, 6.07) is 15.0. The van der Waals surface area contributed by atoms with Crippen LogP contribution < -0.4 is 10.6 Å². The molecule has 0 atom stereocenters. The van der Waals surface area contributed by atoms with Crippen molar-refractivity contribution in [1.82, 2.24) is 10.2 Å². The summed E-state index contributed by atoms with van der Waals surface area (Å²) in [7, 11) is 0. The molecule has 0 radical (unpaired) electrons. The van der Waals surface area contributed by atoms with Crippen LogP contribution in [0, 0.1) is 0 Å². The van der Waals surface area contributed by atoms with Gasteiger partial charge in [-0.25, -0.2) is 0 Å². The molecule has 2 aromatic rings. The molecule has 2 N–H and O–H groups in total. The molecule has 2 aliphatic rings.